The zero-order chi connectivity index (χ0) is 11.0. The molecule has 2 heterocycles. The van der Waals surface area contributed by atoms with Gasteiger partial charge in [-0.05, 0) is 26.3 Å². The molecule has 1 unspecified atom stereocenters. The highest BCUT2D eigenvalue weighted by Crippen LogP contribution is 2.11. The summed E-state index contributed by atoms with van der Waals surface area (Å²) in [4.78, 5) is 19.3. The lowest BCUT2D eigenvalue weighted by atomic mass is 10.2. The van der Waals surface area contributed by atoms with Crippen LogP contribution in [-0.4, -0.2) is 14.5 Å². The number of fused-ring (bicyclic) bond motifs is 1. The summed E-state index contributed by atoms with van der Waals surface area (Å²) in [5.41, 5.74) is 1.69. The van der Waals surface area contributed by atoms with Gasteiger partial charge in [0.05, 0.1) is 5.39 Å². The molecule has 4 nitrogen and oxygen atoms in total. The van der Waals surface area contributed by atoms with E-state index in [9.17, 15) is 4.79 Å². The van der Waals surface area contributed by atoms with Crippen LogP contribution >= 0.6 is 0 Å². The Labute approximate surface area is 88.0 Å². The van der Waals surface area contributed by atoms with Gasteiger partial charge in [-0.3, -0.25) is 9.36 Å². The highest BCUT2D eigenvalue weighted by Gasteiger charge is 2.09. The normalized spacial score (nSPS) is 13.3. The van der Waals surface area contributed by atoms with Crippen LogP contribution < -0.4 is 5.56 Å². The molecule has 0 aliphatic carbocycles. The Morgan fingerprint density at radius 1 is 1.60 bits per heavy atom. The third-order valence-electron chi connectivity index (χ3n) is 2.77. The lowest BCUT2D eigenvalue weighted by molar-refractivity contribution is 0.510. The van der Waals surface area contributed by atoms with Crippen molar-refractivity contribution in [3.63, 3.8) is 0 Å². The van der Waals surface area contributed by atoms with E-state index in [1.807, 2.05) is 19.9 Å². The van der Waals surface area contributed by atoms with E-state index in [1.165, 1.54) is 0 Å². The van der Waals surface area contributed by atoms with Crippen molar-refractivity contribution in [1.82, 2.24) is 14.5 Å². The molecule has 0 amide bonds. The third kappa shape index (κ3) is 1.56. The molecule has 0 fully saturated rings. The lowest BCUT2D eigenvalue weighted by Gasteiger charge is -2.11. The molecule has 0 saturated heterocycles. The number of hydrogen-bond donors (Lipinski definition) is 1. The van der Waals surface area contributed by atoms with Crippen molar-refractivity contribution in [2.75, 3.05) is 0 Å². The average Bonchev–Trinajstić information content (AvgIpc) is 2.59. The van der Waals surface area contributed by atoms with Gasteiger partial charge in [0.15, 0.2) is 0 Å². The molecule has 15 heavy (non-hydrogen) atoms. The van der Waals surface area contributed by atoms with Gasteiger partial charge in [-0.25, -0.2) is 4.98 Å². The predicted molar refractivity (Wildman–Crippen MR) is 60.1 cm³/mol. The SMILES string of the molecule is CCC(C)n1cnc2[nH]c(C)cc2c1=O. The molecule has 1 N–H and O–H groups in total. The Morgan fingerprint density at radius 3 is 3.00 bits per heavy atom. The van der Waals surface area contributed by atoms with E-state index in [1.54, 1.807) is 10.9 Å². The minimum atomic E-state index is 0.0405. The molecule has 0 aromatic carbocycles. The molecule has 0 bridgehead atoms. The monoisotopic (exact) mass is 205 g/mol. The summed E-state index contributed by atoms with van der Waals surface area (Å²) in [5.74, 6) is 0. The number of hydrogen-bond acceptors (Lipinski definition) is 2. The van der Waals surface area contributed by atoms with E-state index in [0.717, 1.165) is 12.1 Å². The van der Waals surface area contributed by atoms with Crippen LogP contribution in [0.3, 0.4) is 0 Å². The zero-order valence-corrected chi connectivity index (χ0v) is 9.24. The minimum Gasteiger partial charge on any atom is -0.343 e. The van der Waals surface area contributed by atoms with Crippen LogP contribution in [-0.2, 0) is 0 Å². The summed E-state index contributed by atoms with van der Waals surface area (Å²) in [7, 11) is 0. The molecule has 0 aliphatic heterocycles. The van der Waals surface area contributed by atoms with E-state index in [4.69, 9.17) is 0 Å². The van der Waals surface area contributed by atoms with Gasteiger partial charge < -0.3 is 4.98 Å². The molecule has 0 saturated carbocycles. The van der Waals surface area contributed by atoms with Gasteiger partial charge in [0.2, 0.25) is 0 Å². The first kappa shape index (κ1) is 9.96. The second-order valence-electron chi connectivity index (χ2n) is 3.93. The van der Waals surface area contributed by atoms with Crippen molar-refractivity contribution < 1.29 is 0 Å². The van der Waals surface area contributed by atoms with E-state index < -0.39 is 0 Å². The number of nitrogens with one attached hydrogen (secondary N) is 1. The predicted octanol–water partition coefficient (Wildman–Crippen LogP) is 2.00. The van der Waals surface area contributed by atoms with E-state index >= 15 is 0 Å². The fraction of sp³-hybridized carbons (Fsp3) is 0.455. The van der Waals surface area contributed by atoms with E-state index in [-0.39, 0.29) is 11.6 Å². The van der Waals surface area contributed by atoms with Crippen molar-refractivity contribution in [3.8, 4) is 0 Å². The van der Waals surface area contributed by atoms with Gasteiger partial charge in [0, 0.05) is 11.7 Å². The van der Waals surface area contributed by atoms with Crippen LogP contribution in [0, 0.1) is 6.92 Å². The van der Waals surface area contributed by atoms with Crippen LogP contribution in [0.2, 0.25) is 0 Å². The Balaban J connectivity index is 2.70. The highest BCUT2D eigenvalue weighted by atomic mass is 16.1. The van der Waals surface area contributed by atoms with Crippen molar-refractivity contribution in [2.24, 2.45) is 0 Å². The number of nitrogens with zero attached hydrogens (tertiary/aromatic N) is 2. The van der Waals surface area contributed by atoms with Gasteiger partial charge >= 0.3 is 0 Å². The Morgan fingerprint density at radius 2 is 2.33 bits per heavy atom. The maximum absolute atomic E-state index is 12.0. The first-order valence-electron chi connectivity index (χ1n) is 5.20. The van der Waals surface area contributed by atoms with Gasteiger partial charge in [0.25, 0.3) is 5.56 Å². The molecule has 0 spiro atoms. The van der Waals surface area contributed by atoms with Crippen LogP contribution in [0.15, 0.2) is 17.2 Å². The molecule has 0 aliphatic rings. The highest BCUT2D eigenvalue weighted by molar-refractivity contribution is 5.75. The average molecular weight is 205 g/mol. The Hall–Kier alpha value is -1.58. The van der Waals surface area contributed by atoms with Crippen LogP contribution in [0.5, 0.6) is 0 Å². The topological polar surface area (TPSA) is 50.7 Å². The molecule has 2 aromatic heterocycles. The summed E-state index contributed by atoms with van der Waals surface area (Å²) in [5, 5.41) is 0.676. The number of aryl methyl sites for hydroxylation is 1. The van der Waals surface area contributed by atoms with Crippen molar-refractivity contribution in [2.45, 2.75) is 33.2 Å². The van der Waals surface area contributed by atoms with Crippen LogP contribution in [0.25, 0.3) is 11.0 Å². The first-order chi connectivity index (χ1) is 7.13. The van der Waals surface area contributed by atoms with E-state index in [2.05, 4.69) is 16.9 Å². The quantitative estimate of drug-likeness (QED) is 0.815. The van der Waals surface area contributed by atoms with Crippen molar-refractivity contribution >= 4 is 11.0 Å². The molecule has 80 valence electrons. The summed E-state index contributed by atoms with van der Waals surface area (Å²) < 4.78 is 1.69. The van der Waals surface area contributed by atoms with Crippen molar-refractivity contribution in [1.29, 1.82) is 0 Å². The molecular weight excluding hydrogens is 190 g/mol. The van der Waals surface area contributed by atoms with Gasteiger partial charge in [-0.15, -0.1) is 0 Å². The lowest BCUT2D eigenvalue weighted by Crippen LogP contribution is -2.22. The van der Waals surface area contributed by atoms with E-state index in [0.29, 0.717) is 11.0 Å². The molecular formula is C11H15N3O. The summed E-state index contributed by atoms with van der Waals surface area (Å²) in [6.45, 7) is 6.01. The molecule has 0 radical (unpaired) electrons. The van der Waals surface area contributed by atoms with Crippen LogP contribution in [0.4, 0.5) is 0 Å². The number of rotatable bonds is 2. The van der Waals surface area contributed by atoms with Gasteiger partial charge in [0.1, 0.15) is 12.0 Å². The Kier molecular flexibility index (Phi) is 2.34. The third-order valence-corrected chi connectivity index (χ3v) is 2.77. The minimum absolute atomic E-state index is 0.0405. The summed E-state index contributed by atoms with van der Waals surface area (Å²) in [6, 6.07) is 2.05. The first-order valence-corrected chi connectivity index (χ1v) is 5.20. The number of H-pyrrole nitrogens is 1. The number of aromatic nitrogens is 3. The largest absolute Gasteiger partial charge is 0.343 e. The smallest absolute Gasteiger partial charge is 0.263 e. The molecule has 2 rings (SSSR count). The second-order valence-corrected chi connectivity index (χ2v) is 3.93. The maximum atomic E-state index is 12.0. The number of aromatic amines is 1. The zero-order valence-electron chi connectivity index (χ0n) is 9.24. The standard InChI is InChI=1S/C11H15N3O/c1-4-8(3)14-6-12-10-9(11(14)15)5-7(2)13-10/h5-6,8,13H,4H2,1-3H3. The second kappa shape index (κ2) is 3.53. The fourth-order valence-electron chi connectivity index (χ4n) is 1.66. The molecule has 1 atom stereocenters. The van der Waals surface area contributed by atoms with Gasteiger partial charge in [-0.2, -0.15) is 0 Å². The van der Waals surface area contributed by atoms with Crippen LogP contribution in [0.1, 0.15) is 32.0 Å². The maximum Gasteiger partial charge on any atom is 0.263 e. The summed E-state index contributed by atoms with van der Waals surface area (Å²) in [6.07, 6.45) is 2.55. The summed E-state index contributed by atoms with van der Waals surface area (Å²) >= 11 is 0. The van der Waals surface area contributed by atoms with Crippen molar-refractivity contribution in [3.05, 3.63) is 28.4 Å². The Bertz CT molecular complexity index is 538. The van der Waals surface area contributed by atoms with Gasteiger partial charge in [-0.1, -0.05) is 6.92 Å². The fourth-order valence-corrected chi connectivity index (χ4v) is 1.66. The molecule has 4 heteroatoms. The molecule has 2 aromatic rings.